The first kappa shape index (κ1) is 7.98. The Bertz CT molecular complexity index is 339. The monoisotopic (exact) mass is 177 g/mol. The minimum atomic E-state index is -0.250. The van der Waals surface area contributed by atoms with E-state index in [1.54, 1.807) is 18.5 Å². The minimum absolute atomic E-state index is 0.250. The fourth-order valence-electron chi connectivity index (χ4n) is 1.33. The normalized spacial score (nSPS) is 19.6. The Hall–Kier alpha value is -1.64. The number of aryl methyl sites for hydroxylation is 1. The zero-order valence-corrected chi connectivity index (χ0v) is 7.32. The van der Waals surface area contributed by atoms with Gasteiger partial charge in [-0.1, -0.05) is 11.6 Å². The van der Waals surface area contributed by atoms with Gasteiger partial charge in [-0.3, -0.25) is 0 Å². The Kier molecular flexibility index (Phi) is 1.85. The van der Waals surface area contributed by atoms with Gasteiger partial charge in [-0.15, -0.1) is 0 Å². The van der Waals surface area contributed by atoms with Crippen LogP contribution in [0.4, 0.5) is 0 Å². The van der Waals surface area contributed by atoms with Gasteiger partial charge in [0.1, 0.15) is 12.0 Å². The fraction of sp³-hybridized carbons (Fsp3) is 0.200. The molecule has 2 rings (SSSR count). The molecule has 1 unspecified atom stereocenters. The quantitative estimate of drug-likeness (QED) is 0.687. The summed E-state index contributed by atoms with van der Waals surface area (Å²) < 4.78 is 5.22. The van der Waals surface area contributed by atoms with Crippen molar-refractivity contribution in [3.63, 3.8) is 0 Å². The summed E-state index contributed by atoms with van der Waals surface area (Å²) in [6, 6.07) is 5.44. The lowest BCUT2D eigenvalue weighted by molar-refractivity contribution is 0.151. The number of hydrogen-bond donors (Lipinski definition) is 2. The third-order valence-electron chi connectivity index (χ3n) is 2.00. The molecule has 0 aliphatic carbocycles. The van der Waals surface area contributed by atoms with Crippen molar-refractivity contribution in [1.29, 1.82) is 0 Å². The molecule has 68 valence electrons. The van der Waals surface area contributed by atoms with Crippen LogP contribution in [0.5, 0.6) is 5.75 Å². The second kappa shape index (κ2) is 3.01. The molecular formula is C10H11NO2. The van der Waals surface area contributed by atoms with Gasteiger partial charge in [0.15, 0.2) is 6.23 Å². The SMILES string of the molecule is Cc1ccc(O)c(C2NC=CO2)c1. The number of hydrogen-bond acceptors (Lipinski definition) is 3. The van der Waals surface area contributed by atoms with Crippen LogP contribution in [0.3, 0.4) is 0 Å². The molecule has 3 nitrogen and oxygen atoms in total. The topological polar surface area (TPSA) is 41.5 Å². The van der Waals surface area contributed by atoms with Crippen LogP contribution >= 0.6 is 0 Å². The molecule has 2 N–H and O–H groups in total. The molecule has 1 aromatic carbocycles. The molecule has 0 aromatic heterocycles. The van der Waals surface area contributed by atoms with Gasteiger partial charge in [0, 0.05) is 6.20 Å². The number of rotatable bonds is 1. The zero-order valence-electron chi connectivity index (χ0n) is 7.32. The Morgan fingerprint density at radius 1 is 1.46 bits per heavy atom. The van der Waals surface area contributed by atoms with E-state index in [2.05, 4.69) is 5.32 Å². The molecule has 0 fully saturated rings. The lowest BCUT2D eigenvalue weighted by Gasteiger charge is -2.13. The molecule has 1 aliphatic heterocycles. The average molecular weight is 177 g/mol. The summed E-state index contributed by atoms with van der Waals surface area (Å²) in [5.74, 6) is 0.256. The van der Waals surface area contributed by atoms with Crippen molar-refractivity contribution < 1.29 is 9.84 Å². The van der Waals surface area contributed by atoms with Crippen LogP contribution < -0.4 is 5.32 Å². The second-order valence-electron chi connectivity index (χ2n) is 3.05. The standard InChI is InChI=1S/C10H11NO2/c1-7-2-3-9(12)8(6-7)10-11-4-5-13-10/h2-6,10-12H,1H3. The van der Waals surface area contributed by atoms with Gasteiger partial charge >= 0.3 is 0 Å². The Morgan fingerprint density at radius 2 is 2.31 bits per heavy atom. The fourth-order valence-corrected chi connectivity index (χ4v) is 1.33. The van der Waals surface area contributed by atoms with Crippen molar-refractivity contribution in [2.24, 2.45) is 0 Å². The summed E-state index contributed by atoms with van der Waals surface area (Å²) in [6.07, 6.45) is 3.04. The van der Waals surface area contributed by atoms with Gasteiger partial charge in [0.25, 0.3) is 0 Å². The van der Waals surface area contributed by atoms with Crippen molar-refractivity contribution in [3.05, 3.63) is 41.8 Å². The lowest BCUT2D eigenvalue weighted by atomic mass is 10.1. The smallest absolute Gasteiger partial charge is 0.198 e. The number of ether oxygens (including phenoxy) is 1. The van der Waals surface area contributed by atoms with Crippen molar-refractivity contribution in [2.75, 3.05) is 0 Å². The second-order valence-corrected chi connectivity index (χ2v) is 3.05. The van der Waals surface area contributed by atoms with E-state index < -0.39 is 0 Å². The van der Waals surface area contributed by atoms with Gasteiger partial charge in [-0.05, 0) is 19.1 Å². The van der Waals surface area contributed by atoms with Crippen LogP contribution in [-0.2, 0) is 4.74 Å². The molecule has 0 saturated carbocycles. The van der Waals surface area contributed by atoms with Crippen LogP contribution in [0.1, 0.15) is 17.4 Å². The highest BCUT2D eigenvalue weighted by atomic mass is 16.5. The molecule has 1 aromatic rings. The first-order chi connectivity index (χ1) is 6.27. The highest BCUT2D eigenvalue weighted by molar-refractivity contribution is 5.37. The Morgan fingerprint density at radius 3 is 3.00 bits per heavy atom. The van der Waals surface area contributed by atoms with E-state index in [-0.39, 0.29) is 12.0 Å². The molecule has 0 saturated heterocycles. The van der Waals surface area contributed by atoms with Crippen LogP contribution in [0.2, 0.25) is 0 Å². The highest BCUT2D eigenvalue weighted by Gasteiger charge is 2.16. The molecular weight excluding hydrogens is 166 g/mol. The minimum Gasteiger partial charge on any atom is -0.507 e. The molecule has 0 spiro atoms. The van der Waals surface area contributed by atoms with E-state index in [0.717, 1.165) is 11.1 Å². The maximum absolute atomic E-state index is 9.55. The molecule has 0 radical (unpaired) electrons. The largest absolute Gasteiger partial charge is 0.507 e. The van der Waals surface area contributed by atoms with Crippen LogP contribution in [0.25, 0.3) is 0 Å². The predicted molar refractivity (Wildman–Crippen MR) is 48.9 cm³/mol. The van der Waals surface area contributed by atoms with Gasteiger partial charge in [0.2, 0.25) is 0 Å². The third kappa shape index (κ3) is 1.45. The van der Waals surface area contributed by atoms with E-state index in [0.29, 0.717) is 0 Å². The van der Waals surface area contributed by atoms with Gasteiger partial charge < -0.3 is 15.2 Å². The van der Waals surface area contributed by atoms with Gasteiger partial charge in [-0.2, -0.15) is 0 Å². The molecule has 13 heavy (non-hydrogen) atoms. The van der Waals surface area contributed by atoms with Crippen LogP contribution in [-0.4, -0.2) is 5.11 Å². The van der Waals surface area contributed by atoms with Crippen molar-refractivity contribution in [3.8, 4) is 5.75 Å². The summed E-state index contributed by atoms with van der Waals surface area (Å²) in [4.78, 5) is 0. The summed E-state index contributed by atoms with van der Waals surface area (Å²) in [6.45, 7) is 1.98. The maximum atomic E-state index is 9.55. The van der Waals surface area contributed by atoms with Gasteiger partial charge in [-0.25, -0.2) is 0 Å². The molecule has 1 aliphatic rings. The van der Waals surface area contributed by atoms with E-state index >= 15 is 0 Å². The van der Waals surface area contributed by atoms with E-state index in [4.69, 9.17) is 4.74 Å². The summed E-state index contributed by atoms with van der Waals surface area (Å²) >= 11 is 0. The maximum Gasteiger partial charge on any atom is 0.198 e. The summed E-state index contributed by atoms with van der Waals surface area (Å²) in [5.41, 5.74) is 1.87. The molecule has 1 heterocycles. The van der Waals surface area contributed by atoms with E-state index in [1.807, 2.05) is 19.1 Å². The average Bonchev–Trinajstić information content (AvgIpc) is 2.61. The van der Waals surface area contributed by atoms with Crippen molar-refractivity contribution in [2.45, 2.75) is 13.2 Å². The van der Waals surface area contributed by atoms with Crippen molar-refractivity contribution in [1.82, 2.24) is 5.32 Å². The number of phenolic OH excluding ortho intramolecular Hbond substituents is 1. The molecule has 0 bridgehead atoms. The predicted octanol–water partition coefficient (Wildman–Crippen LogP) is 1.79. The number of nitrogens with one attached hydrogen (secondary N) is 1. The number of aromatic hydroxyl groups is 1. The first-order valence-electron chi connectivity index (χ1n) is 4.13. The molecule has 3 heteroatoms. The van der Waals surface area contributed by atoms with Crippen molar-refractivity contribution >= 4 is 0 Å². The summed E-state index contributed by atoms with van der Waals surface area (Å²) in [7, 11) is 0. The first-order valence-corrected chi connectivity index (χ1v) is 4.13. The Labute approximate surface area is 76.7 Å². The molecule has 1 atom stereocenters. The summed E-state index contributed by atoms with van der Waals surface area (Å²) in [5, 5.41) is 12.5. The highest BCUT2D eigenvalue weighted by Crippen LogP contribution is 2.27. The van der Waals surface area contributed by atoms with E-state index in [1.165, 1.54) is 0 Å². The number of benzene rings is 1. The third-order valence-corrected chi connectivity index (χ3v) is 2.00. The Balaban J connectivity index is 2.33. The zero-order chi connectivity index (χ0) is 9.26. The van der Waals surface area contributed by atoms with E-state index in [9.17, 15) is 5.11 Å². The molecule has 0 amide bonds. The van der Waals surface area contributed by atoms with Gasteiger partial charge in [0.05, 0.1) is 5.56 Å². The van der Waals surface area contributed by atoms with Crippen LogP contribution in [0.15, 0.2) is 30.7 Å². The number of phenols is 1. The van der Waals surface area contributed by atoms with Crippen LogP contribution in [0, 0.1) is 6.92 Å². The lowest BCUT2D eigenvalue weighted by Crippen LogP contribution is -2.11.